The largest absolute Gasteiger partial charge is 0.482 e. The molecule has 0 bridgehead atoms. The maximum absolute atomic E-state index is 11.3. The molecule has 0 aliphatic carbocycles. The third-order valence-electron chi connectivity index (χ3n) is 3.30. The lowest BCUT2D eigenvalue weighted by atomic mass is 10.0. The lowest BCUT2D eigenvalue weighted by Crippen LogP contribution is -2.25. The van der Waals surface area contributed by atoms with Crippen LogP contribution in [0.1, 0.15) is 11.1 Å². The van der Waals surface area contributed by atoms with Gasteiger partial charge in [0.1, 0.15) is 5.75 Å². The fraction of sp³-hybridized carbons (Fsp3) is 0.188. The molecule has 2 aromatic carbocycles. The van der Waals surface area contributed by atoms with E-state index in [1.807, 2.05) is 37.4 Å². The van der Waals surface area contributed by atoms with Gasteiger partial charge in [-0.3, -0.25) is 4.79 Å². The van der Waals surface area contributed by atoms with Crippen molar-refractivity contribution in [2.75, 3.05) is 24.3 Å². The number of hydrogen-bond acceptors (Lipinski definition) is 3. The molecular formula is C16H16N2O2. The average molecular weight is 268 g/mol. The quantitative estimate of drug-likeness (QED) is 0.899. The van der Waals surface area contributed by atoms with E-state index in [-0.39, 0.29) is 12.5 Å². The molecule has 1 aliphatic heterocycles. The summed E-state index contributed by atoms with van der Waals surface area (Å²) in [4.78, 5) is 11.3. The van der Waals surface area contributed by atoms with E-state index in [4.69, 9.17) is 4.74 Å². The number of fused-ring (bicyclic) bond motifs is 1. The summed E-state index contributed by atoms with van der Waals surface area (Å²) in [5.41, 5.74) is 4.21. The highest BCUT2D eigenvalue weighted by Gasteiger charge is 2.15. The van der Waals surface area contributed by atoms with Crippen molar-refractivity contribution in [3.8, 4) is 5.75 Å². The van der Waals surface area contributed by atoms with E-state index in [2.05, 4.69) is 22.8 Å². The number of carbonyl (C=O) groups excluding carboxylic acids is 1. The fourth-order valence-electron chi connectivity index (χ4n) is 2.31. The second kappa shape index (κ2) is 5.25. The summed E-state index contributed by atoms with van der Waals surface area (Å²) < 4.78 is 5.36. The van der Waals surface area contributed by atoms with E-state index >= 15 is 0 Å². The summed E-state index contributed by atoms with van der Waals surface area (Å²) in [6.07, 6.45) is 0.818. The van der Waals surface area contributed by atoms with E-state index in [9.17, 15) is 4.79 Å². The first kappa shape index (κ1) is 12.5. The van der Waals surface area contributed by atoms with Crippen molar-refractivity contribution in [3.63, 3.8) is 0 Å². The minimum Gasteiger partial charge on any atom is -0.482 e. The van der Waals surface area contributed by atoms with Crippen molar-refractivity contribution in [2.24, 2.45) is 0 Å². The number of carbonyl (C=O) groups is 1. The van der Waals surface area contributed by atoms with Crippen molar-refractivity contribution >= 4 is 17.3 Å². The van der Waals surface area contributed by atoms with Crippen LogP contribution in [0.25, 0.3) is 0 Å². The summed E-state index contributed by atoms with van der Waals surface area (Å²) in [7, 11) is 1.91. The van der Waals surface area contributed by atoms with Gasteiger partial charge >= 0.3 is 0 Å². The van der Waals surface area contributed by atoms with Gasteiger partial charge in [0.2, 0.25) is 0 Å². The minimum absolute atomic E-state index is 0.0938. The van der Waals surface area contributed by atoms with Crippen molar-refractivity contribution < 1.29 is 9.53 Å². The van der Waals surface area contributed by atoms with Crippen LogP contribution in [0.2, 0.25) is 0 Å². The Hall–Kier alpha value is -2.49. The molecule has 0 unspecified atom stereocenters. The number of rotatable bonds is 3. The van der Waals surface area contributed by atoms with Crippen LogP contribution in [-0.4, -0.2) is 19.6 Å². The van der Waals surface area contributed by atoms with Crippen LogP contribution < -0.4 is 15.4 Å². The predicted molar refractivity (Wildman–Crippen MR) is 79.4 cm³/mol. The number of ether oxygens (including phenoxy) is 1. The molecule has 1 aliphatic rings. The molecule has 0 radical (unpaired) electrons. The fourth-order valence-corrected chi connectivity index (χ4v) is 2.31. The third kappa shape index (κ3) is 2.59. The Balaban J connectivity index is 1.84. The van der Waals surface area contributed by atoms with E-state index in [0.717, 1.165) is 29.1 Å². The Morgan fingerprint density at radius 1 is 1.20 bits per heavy atom. The molecule has 0 saturated carbocycles. The van der Waals surface area contributed by atoms with Crippen LogP contribution in [0, 0.1) is 0 Å². The normalized spacial score (nSPS) is 13.2. The van der Waals surface area contributed by atoms with Crippen LogP contribution in [0.3, 0.4) is 0 Å². The predicted octanol–water partition coefficient (Wildman–Crippen LogP) is 2.65. The van der Waals surface area contributed by atoms with Crippen LogP contribution in [0.15, 0.2) is 42.5 Å². The smallest absolute Gasteiger partial charge is 0.262 e. The van der Waals surface area contributed by atoms with E-state index in [1.165, 1.54) is 5.56 Å². The number of hydrogen-bond donors (Lipinski definition) is 2. The molecule has 0 fully saturated rings. The molecule has 2 N–H and O–H groups in total. The van der Waals surface area contributed by atoms with Crippen molar-refractivity contribution in [3.05, 3.63) is 53.6 Å². The second-order valence-electron chi connectivity index (χ2n) is 4.79. The van der Waals surface area contributed by atoms with Gasteiger partial charge in [-0.15, -0.1) is 0 Å². The molecule has 0 saturated heterocycles. The van der Waals surface area contributed by atoms with Gasteiger partial charge in [0, 0.05) is 12.7 Å². The molecule has 0 spiro atoms. The van der Waals surface area contributed by atoms with Crippen LogP contribution in [0.4, 0.5) is 11.4 Å². The number of amides is 1. The first-order valence-corrected chi connectivity index (χ1v) is 6.57. The number of benzene rings is 2. The summed E-state index contributed by atoms with van der Waals surface area (Å²) >= 11 is 0. The summed E-state index contributed by atoms with van der Waals surface area (Å²) in [5.74, 6) is 0.629. The molecular weight excluding hydrogens is 252 g/mol. The molecule has 20 heavy (non-hydrogen) atoms. The Kier molecular flexibility index (Phi) is 3.29. The standard InChI is InChI=1S/C16H16N2O2/c1-17-13-4-2-3-11(8-13)7-12-5-6-15-14(9-12)18-16(19)10-20-15/h2-6,8-9,17H,7,10H2,1H3,(H,18,19). The summed E-state index contributed by atoms with van der Waals surface area (Å²) in [6.45, 7) is 0.0938. The maximum atomic E-state index is 11.3. The van der Waals surface area contributed by atoms with E-state index in [0.29, 0.717) is 0 Å². The molecule has 4 nitrogen and oxygen atoms in total. The van der Waals surface area contributed by atoms with E-state index in [1.54, 1.807) is 0 Å². The molecule has 0 atom stereocenters. The Bertz CT molecular complexity index is 653. The molecule has 3 rings (SSSR count). The Morgan fingerprint density at radius 2 is 2.05 bits per heavy atom. The van der Waals surface area contributed by atoms with Crippen LogP contribution in [0.5, 0.6) is 5.75 Å². The van der Waals surface area contributed by atoms with Crippen molar-refractivity contribution in [2.45, 2.75) is 6.42 Å². The first-order chi connectivity index (χ1) is 9.74. The molecule has 1 heterocycles. The molecule has 4 heteroatoms. The zero-order chi connectivity index (χ0) is 13.9. The van der Waals surface area contributed by atoms with Gasteiger partial charge in [0.25, 0.3) is 5.91 Å². The lowest BCUT2D eigenvalue weighted by Gasteiger charge is -2.18. The molecule has 0 aromatic heterocycles. The summed E-state index contributed by atoms with van der Waals surface area (Å²) in [6, 6.07) is 14.2. The highest BCUT2D eigenvalue weighted by molar-refractivity contribution is 5.95. The zero-order valence-corrected chi connectivity index (χ0v) is 11.3. The highest BCUT2D eigenvalue weighted by Crippen LogP contribution is 2.29. The SMILES string of the molecule is CNc1cccc(Cc2ccc3c(c2)NC(=O)CO3)c1. The lowest BCUT2D eigenvalue weighted by molar-refractivity contribution is -0.118. The molecule has 1 amide bonds. The summed E-state index contributed by atoms with van der Waals surface area (Å²) in [5, 5.41) is 5.96. The Labute approximate surface area is 117 Å². The van der Waals surface area contributed by atoms with Crippen molar-refractivity contribution in [1.29, 1.82) is 0 Å². The molecule has 102 valence electrons. The van der Waals surface area contributed by atoms with Gasteiger partial charge in [0.05, 0.1) is 5.69 Å². The van der Waals surface area contributed by atoms with Gasteiger partial charge in [-0.05, 0) is 41.8 Å². The van der Waals surface area contributed by atoms with Gasteiger partial charge in [-0.2, -0.15) is 0 Å². The van der Waals surface area contributed by atoms with Gasteiger partial charge in [0.15, 0.2) is 6.61 Å². The Morgan fingerprint density at radius 3 is 2.90 bits per heavy atom. The van der Waals surface area contributed by atoms with Gasteiger partial charge in [-0.25, -0.2) is 0 Å². The van der Waals surface area contributed by atoms with E-state index < -0.39 is 0 Å². The highest BCUT2D eigenvalue weighted by atomic mass is 16.5. The maximum Gasteiger partial charge on any atom is 0.262 e. The zero-order valence-electron chi connectivity index (χ0n) is 11.3. The minimum atomic E-state index is -0.105. The number of anilines is 2. The van der Waals surface area contributed by atoms with Crippen molar-refractivity contribution in [1.82, 2.24) is 0 Å². The van der Waals surface area contributed by atoms with Gasteiger partial charge in [-0.1, -0.05) is 18.2 Å². The molecule has 2 aromatic rings. The first-order valence-electron chi connectivity index (χ1n) is 6.57. The van der Waals surface area contributed by atoms with Gasteiger partial charge < -0.3 is 15.4 Å². The second-order valence-corrected chi connectivity index (χ2v) is 4.79. The van der Waals surface area contributed by atoms with Crippen LogP contribution in [-0.2, 0) is 11.2 Å². The average Bonchev–Trinajstić information content (AvgIpc) is 2.47. The third-order valence-corrected chi connectivity index (χ3v) is 3.30. The number of nitrogens with one attached hydrogen (secondary N) is 2. The topological polar surface area (TPSA) is 50.4 Å². The monoisotopic (exact) mass is 268 g/mol. The van der Waals surface area contributed by atoms with Crippen LogP contribution >= 0.6 is 0 Å².